The van der Waals surface area contributed by atoms with Crippen LogP contribution < -0.4 is 0 Å². The fraction of sp³-hybridized carbons (Fsp3) is 0.600. The first-order chi connectivity index (χ1) is 12.2. The van der Waals surface area contributed by atoms with Crippen LogP contribution >= 0.6 is 11.8 Å². The molecule has 0 bridgehead atoms. The molecule has 2 aliphatic rings. The minimum atomic E-state index is -0.701. The molecule has 0 spiro atoms. The van der Waals surface area contributed by atoms with Gasteiger partial charge in [0.1, 0.15) is 11.4 Å². The molecule has 6 heteroatoms. The van der Waals surface area contributed by atoms with Gasteiger partial charge in [0.25, 0.3) is 0 Å². The lowest BCUT2D eigenvalue weighted by molar-refractivity contribution is -0.153. The van der Waals surface area contributed by atoms with Crippen LogP contribution in [0, 0.1) is 11.7 Å². The largest absolute Gasteiger partial charge is 0.460 e. The predicted octanol–water partition coefficient (Wildman–Crippen LogP) is 4.06. The summed E-state index contributed by atoms with van der Waals surface area (Å²) >= 11 is 1.52. The Hall–Kier alpha value is -1.40. The number of ether oxygens (including phenoxy) is 1. The summed E-state index contributed by atoms with van der Waals surface area (Å²) in [6, 6.07) is 6.73. The third-order valence-corrected chi connectivity index (χ3v) is 6.06. The van der Waals surface area contributed by atoms with Crippen LogP contribution in [0.4, 0.5) is 4.39 Å². The van der Waals surface area contributed by atoms with Gasteiger partial charge in [0, 0.05) is 17.2 Å². The molecule has 1 fully saturated rings. The average Bonchev–Trinajstić information content (AvgIpc) is 2.53. The Morgan fingerprint density at radius 1 is 1.42 bits per heavy atom. The van der Waals surface area contributed by atoms with E-state index in [4.69, 9.17) is 9.73 Å². The van der Waals surface area contributed by atoms with Crippen molar-refractivity contribution in [1.29, 1.82) is 0 Å². The number of benzene rings is 1. The first kappa shape index (κ1) is 19.4. The smallest absolute Gasteiger partial charge is 0.312 e. The number of carbonyl (C=O) groups excluding carboxylic acids is 1. The molecule has 1 aromatic carbocycles. The highest BCUT2D eigenvalue weighted by Crippen LogP contribution is 2.50. The molecule has 0 saturated heterocycles. The highest BCUT2D eigenvalue weighted by Gasteiger charge is 2.48. The quantitative estimate of drug-likeness (QED) is 0.805. The van der Waals surface area contributed by atoms with Crippen LogP contribution in [0.5, 0.6) is 0 Å². The van der Waals surface area contributed by atoms with Crippen molar-refractivity contribution in [2.75, 3.05) is 5.75 Å². The Balaban J connectivity index is 1.93. The molecule has 0 aromatic heterocycles. The van der Waals surface area contributed by atoms with Crippen molar-refractivity contribution in [2.24, 2.45) is 10.9 Å². The molecule has 4 nitrogen and oxygen atoms in total. The molecule has 1 heterocycles. The van der Waals surface area contributed by atoms with E-state index < -0.39 is 11.1 Å². The molecule has 3 atom stereocenters. The number of hydrogen-bond acceptors (Lipinski definition) is 5. The Kier molecular flexibility index (Phi) is 5.45. The van der Waals surface area contributed by atoms with Crippen LogP contribution in [0.2, 0.25) is 0 Å². The number of aliphatic hydroxyl groups excluding tert-OH is 1. The van der Waals surface area contributed by atoms with Crippen molar-refractivity contribution in [3.05, 3.63) is 35.6 Å². The van der Waals surface area contributed by atoms with Crippen LogP contribution in [-0.4, -0.2) is 33.6 Å². The second kappa shape index (κ2) is 7.31. The highest BCUT2D eigenvalue weighted by atomic mass is 32.2. The van der Waals surface area contributed by atoms with Crippen LogP contribution in [0.25, 0.3) is 0 Å². The fourth-order valence-corrected chi connectivity index (χ4v) is 5.11. The zero-order valence-electron chi connectivity index (χ0n) is 15.5. The summed E-state index contributed by atoms with van der Waals surface area (Å²) in [4.78, 5) is 17.1. The van der Waals surface area contributed by atoms with Gasteiger partial charge in [-0.25, -0.2) is 4.39 Å². The minimum absolute atomic E-state index is 0.0514. The maximum atomic E-state index is 14.6. The lowest BCUT2D eigenvalue weighted by atomic mass is 9.68. The zero-order chi connectivity index (χ0) is 18.9. The standard InChI is InChI=1S/C20H26FNO3S/c1-19(2,3)25-18(24)11-17-22-20(15-6-4-5-7-16(15)21)9-8-14(23)10-13(20)12-26-17/h4-7,13-14,23H,8-12H2,1-3H3/t13-,14-,20-/m0/s1. The Morgan fingerprint density at radius 2 is 2.15 bits per heavy atom. The van der Waals surface area contributed by atoms with Gasteiger partial charge in [-0.15, -0.1) is 11.8 Å². The number of halogens is 1. The van der Waals surface area contributed by atoms with E-state index in [1.807, 2.05) is 26.8 Å². The molecule has 142 valence electrons. The maximum absolute atomic E-state index is 14.6. The van der Waals surface area contributed by atoms with E-state index >= 15 is 0 Å². The van der Waals surface area contributed by atoms with E-state index in [1.54, 1.807) is 12.1 Å². The third kappa shape index (κ3) is 4.12. The van der Waals surface area contributed by atoms with Crippen molar-refractivity contribution < 1.29 is 19.0 Å². The van der Waals surface area contributed by atoms with E-state index in [2.05, 4.69) is 0 Å². The van der Waals surface area contributed by atoms with E-state index in [9.17, 15) is 14.3 Å². The molecule has 0 unspecified atom stereocenters. The van der Waals surface area contributed by atoms with Crippen molar-refractivity contribution >= 4 is 22.8 Å². The second-order valence-corrected chi connectivity index (χ2v) is 9.20. The van der Waals surface area contributed by atoms with Gasteiger partial charge >= 0.3 is 5.97 Å². The van der Waals surface area contributed by atoms with Gasteiger partial charge in [-0.3, -0.25) is 9.79 Å². The average molecular weight is 379 g/mol. The topological polar surface area (TPSA) is 58.9 Å². The van der Waals surface area contributed by atoms with Crippen molar-refractivity contribution in [3.8, 4) is 0 Å². The molecule has 1 aromatic rings. The zero-order valence-corrected chi connectivity index (χ0v) is 16.3. The first-order valence-corrected chi connectivity index (χ1v) is 10.0. The third-order valence-electron chi connectivity index (χ3n) is 4.92. The SMILES string of the molecule is CC(C)(C)OC(=O)CC1=N[C@@]2(c3ccccc3F)CC[C@H](O)C[C@H]2CS1. The fourth-order valence-electron chi connectivity index (χ4n) is 3.86. The minimum Gasteiger partial charge on any atom is -0.460 e. The number of fused-ring (bicyclic) bond motifs is 1. The summed E-state index contributed by atoms with van der Waals surface area (Å²) in [5.41, 5.74) is -0.677. The molecule has 0 amide bonds. The Morgan fingerprint density at radius 3 is 2.85 bits per heavy atom. The van der Waals surface area contributed by atoms with Crippen LogP contribution in [0.1, 0.15) is 52.0 Å². The number of aliphatic hydroxyl groups is 1. The molecule has 1 aliphatic carbocycles. The number of esters is 1. The number of carbonyl (C=O) groups is 1. The number of aliphatic imine (C=N–C) groups is 1. The number of thioether (sulfide) groups is 1. The van der Waals surface area contributed by atoms with Crippen LogP contribution in [-0.2, 0) is 15.1 Å². The molecular weight excluding hydrogens is 353 g/mol. The highest BCUT2D eigenvalue weighted by molar-refractivity contribution is 8.14. The van der Waals surface area contributed by atoms with Gasteiger partial charge in [0.15, 0.2) is 0 Å². The van der Waals surface area contributed by atoms with E-state index in [1.165, 1.54) is 17.8 Å². The summed E-state index contributed by atoms with van der Waals surface area (Å²) in [6.45, 7) is 5.50. The summed E-state index contributed by atoms with van der Waals surface area (Å²) in [5, 5.41) is 10.8. The van der Waals surface area contributed by atoms with Crippen LogP contribution in [0.15, 0.2) is 29.3 Å². The molecule has 1 saturated carbocycles. The van der Waals surface area contributed by atoms with Crippen LogP contribution in [0.3, 0.4) is 0 Å². The predicted molar refractivity (Wildman–Crippen MR) is 102 cm³/mol. The molecular formula is C20H26FNO3S. The summed E-state index contributed by atoms with van der Waals surface area (Å²) in [6.07, 6.45) is 1.50. The van der Waals surface area contributed by atoms with E-state index in [-0.39, 0.29) is 30.2 Å². The van der Waals surface area contributed by atoms with Crippen molar-refractivity contribution in [1.82, 2.24) is 0 Å². The summed E-state index contributed by atoms with van der Waals surface area (Å²) in [5.74, 6) is 0.172. The number of rotatable bonds is 3. The molecule has 0 radical (unpaired) electrons. The van der Waals surface area contributed by atoms with Gasteiger partial charge in [0.05, 0.1) is 23.1 Å². The van der Waals surface area contributed by atoms with Gasteiger partial charge in [0.2, 0.25) is 0 Å². The van der Waals surface area contributed by atoms with Gasteiger partial charge in [-0.1, -0.05) is 18.2 Å². The van der Waals surface area contributed by atoms with E-state index in [0.29, 0.717) is 35.6 Å². The normalized spacial score (nSPS) is 28.9. The lowest BCUT2D eigenvalue weighted by Gasteiger charge is -2.46. The molecule has 3 rings (SSSR count). The van der Waals surface area contributed by atoms with Gasteiger partial charge in [-0.2, -0.15) is 0 Å². The Labute approximate surface area is 158 Å². The van der Waals surface area contributed by atoms with Crippen molar-refractivity contribution in [2.45, 2.75) is 63.7 Å². The lowest BCUT2D eigenvalue weighted by Crippen LogP contribution is -2.45. The van der Waals surface area contributed by atoms with E-state index in [0.717, 1.165) is 0 Å². The Bertz CT molecular complexity index is 715. The summed E-state index contributed by atoms with van der Waals surface area (Å²) < 4.78 is 20.0. The summed E-state index contributed by atoms with van der Waals surface area (Å²) in [7, 11) is 0. The monoisotopic (exact) mass is 379 g/mol. The molecule has 1 N–H and O–H groups in total. The molecule has 26 heavy (non-hydrogen) atoms. The molecule has 1 aliphatic heterocycles. The first-order valence-electron chi connectivity index (χ1n) is 9.06. The van der Waals surface area contributed by atoms with Gasteiger partial charge < -0.3 is 9.84 Å². The number of hydrogen-bond donors (Lipinski definition) is 1. The van der Waals surface area contributed by atoms with Gasteiger partial charge in [-0.05, 0) is 46.1 Å². The second-order valence-electron chi connectivity index (χ2n) is 8.11. The number of nitrogens with zero attached hydrogens (tertiary/aromatic N) is 1. The van der Waals surface area contributed by atoms with Crippen molar-refractivity contribution in [3.63, 3.8) is 0 Å². The maximum Gasteiger partial charge on any atom is 0.312 e.